The average molecular weight is 266 g/mol. The maximum Gasteiger partial charge on any atom is 0.186 e. The second-order valence-corrected chi connectivity index (χ2v) is 3.92. The van der Waals surface area contributed by atoms with Crippen molar-refractivity contribution in [1.29, 1.82) is 0 Å². The molecule has 0 amide bonds. The van der Waals surface area contributed by atoms with E-state index in [0.29, 0.717) is 11.0 Å². The molecule has 0 aliphatic carbocycles. The van der Waals surface area contributed by atoms with Gasteiger partial charge in [-0.05, 0) is 12.1 Å². The molecular formula is C13H6F4N2. The number of halogens is 4. The van der Waals surface area contributed by atoms with Crippen molar-refractivity contribution in [2.24, 2.45) is 0 Å². The van der Waals surface area contributed by atoms with Gasteiger partial charge in [0.05, 0.1) is 11.0 Å². The van der Waals surface area contributed by atoms with Gasteiger partial charge in [0.25, 0.3) is 0 Å². The predicted molar refractivity (Wildman–Crippen MR) is 60.9 cm³/mol. The zero-order valence-corrected chi connectivity index (χ0v) is 9.37. The Balaban J connectivity index is 2.39. The first-order chi connectivity index (χ1) is 9.09. The van der Waals surface area contributed by atoms with Crippen molar-refractivity contribution in [3.63, 3.8) is 0 Å². The minimum Gasteiger partial charge on any atom is -0.293 e. The second-order valence-electron chi connectivity index (χ2n) is 3.92. The van der Waals surface area contributed by atoms with Crippen molar-refractivity contribution in [3.05, 3.63) is 59.9 Å². The van der Waals surface area contributed by atoms with Gasteiger partial charge >= 0.3 is 0 Å². The van der Waals surface area contributed by atoms with E-state index in [0.717, 1.165) is 10.9 Å². The molecule has 0 saturated carbocycles. The summed E-state index contributed by atoms with van der Waals surface area (Å²) in [6.07, 6.45) is 1.12. The van der Waals surface area contributed by atoms with Crippen molar-refractivity contribution in [2.75, 3.05) is 0 Å². The van der Waals surface area contributed by atoms with Crippen LogP contribution in [0.1, 0.15) is 0 Å². The van der Waals surface area contributed by atoms with E-state index in [1.807, 2.05) is 0 Å². The molecule has 0 spiro atoms. The summed E-state index contributed by atoms with van der Waals surface area (Å²) < 4.78 is 54.8. The van der Waals surface area contributed by atoms with Gasteiger partial charge in [0.1, 0.15) is 12.0 Å². The summed E-state index contributed by atoms with van der Waals surface area (Å²) >= 11 is 0. The van der Waals surface area contributed by atoms with Crippen LogP contribution in [0.3, 0.4) is 0 Å². The summed E-state index contributed by atoms with van der Waals surface area (Å²) in [6, 6.07) is 6.67. The summed E-state index contributed by atoms with van der Waals surface area (Å²) in [5.74, 6) is -5.82. The van der Waals surface area contributed by atoms with E-state index in [9.17, 15) is 17.6 Å². The van der Waals surface area contributed by atoms with E-state index < -0.39 is 29.0 Å². The SMILES string of the molecule is Fc1cc(F)c(F)c(-n2cnc3ccccc32)c1F. The van der Waals surface area contributed by atoms with Crippen molar-refractivity contribution in [1.82, 2.24) is 9.55 Å². The first kappa shape index (κ1) is 11.7. The highest BCUT2D eigenvalue weighted by atomic mass is 19.2. The first-order valence-corrected chi connectivity index (χ1v) is 5.35. The molecule has 2 nitrogen and oxygen atoms in total. The van der Waals surface area contributed by atoms with Crippen LogP contribution < -0.4 is 0 Å². The molecule has 1 aromatic heterocycles. The zero-order valence-electron chi connectivity index (χ0n) is 9.37. The number of rotatable bonds is 1. The second kappa shape index (κ2) is 4.08. The topological polar surface area (TPSA) is 17.8 Å². The van der Waals surface area contributed by atoms with Gasteiger partial charge in [0.2, 0.25) is 0 Å². The van der Waals surface area contributed by atoms with Crippen LogP contribution in [-0.4, -0.2) is 9.55 Å². The van der Waals surface area contributed by atoms with Crippen LogP contribution in [0.25, 0.3) is 16.7 Å². The highest BCUT2D eigenvalue weighted by Gasteiger charge is 2.21. The lowest BCUT2D eigenvalue weighted by Gasteiger charge is -2.08. The number of hydrogen-bond donors (Lipinski definition) is 0. The maximum atomic E-state index is 13.7. The Morgan fingerprint density at radius 2 is 1.53 bits per heavy atom. The van der Waals surface area contributed by atoms with Crippen LogP contribution in [0, 0.1) is 23.3 Å². The highest BCUT2D eigenvalue weighted by Crippen LogP contribution is 2.26. The van der Waals surface area contributed by atoms with E-state index in [1.54, 1.807) is 24.3 Å². The van der Waals surface area contributed by atoms with Crippen molar-refractivity contribution in [3.8, 4) is 5.69 Å². The maximum absolute atomic E-state index is 13.7. The molecule has 0 aliphatic rings. The molecule has 6 heteroatoms. The lowest BCUT2D eigenvalue weighted by atomic mass is 10.2. The van der Waals surface area contributed by atoms with Crippen molar-refractivity contribution >= 4 is 11.0 Å². The van der Waals surface area contributed by atoms with Gasteiger partial charge in [-0.3, -0.25) is 4.57 Å². The number of aromatic nitrogens is 2. The molecule has 19 heavy (non-hydrogen) atoms. The molecule has 1 heterocycles. The largest absolute Gasteiger partial charge is 0.293 e. The molecule has 0 fully saturated rings. The Morgan fingerprint density at radius 3 is 2.21 bits per heavy atom. The van der Waals surface area contributed by atoms with E-state index in [-0.39, 0.29) is 6.07 Å². The monoisotopic (exact) mass is 266 g/mol. The van der Waals surface area contributed by atoms with Gasteiger partial charge < -0.3 is 0 Å². The molecular weight excluding hydrogens is 260 g/mol. The van der Waals surface area contributed by atoms with Crippen LogP contribution in [0.2, 0.25) is 0 Å². The normalized spacial score (nSPS) is 11.2. The summed E-state index contributed by atoms with van der Waals surface area (Å²) in [5, 5.41) is 0. The Morgan fingerprint density at radius 1 is 0.895 bits per heavy atom. The third-order valence-electron chi connectivity index (χ3n) is 2.78. The zero-order chi connectivity index (χ0) is 13.6. The molecule has 2 aromatic carbocycles. The Bertz CT molecular complexity index is 753. The van der Waals surface area contributed by atoms with Gasteiger partial charge in [-0.25, -0.2) is 22.5 Å². The number of fused-ring (bicyclic) bond motifs is 1. The Hall–Kier alpha value is -2.37. The van der Waals surface area contributed by atoms with Crippen molar-refractivity contribution < 1.29 is 17.6 Å². The highest BCUT2D eigenvalue weighted by molar-refractivity contribution is 5.77. The van der Waals surface area contributed by atoms with Gasteiger partial charge in [0.15, 0.2) is 23.3 Å². The van der Waals surface area contributed by atoms with E-state index in [2.05, 4.69) is 4.98 Å². The molecule has 0 unspecified atom stereocenters. The summed E-state index contributed by atoms with van der Waals surface area (Å²) in [7, 11) is 0. The number of benzene rings is 2. The van der Waals surface area contributed by atoms with Gasteiger partial charge in [0, 0.05) is 6.07 Å². The van der Waals surface area contributed by atoms with Crippen LogP contribution in [0.15, 0.2) is 36.7 Å². The standard InChI is InChI=1S/C13H6F4N2/c14-7-5-8(15)12(17)13(11(7)16)19-6-18-9-3-1-2-4-10(9)19/h1-6H. The Kier molecular flexibility index (Phi) is 2.51. The van der Waals surface area contributed by atoms with Gasteiger partial charge in [-0.15, -0.1) is 0 Å². The van der Waals surface area contributed by atoms with Gasteiger partial charge in [-0.1, -0.05) is 12.1 Å². The van der Waals surface area contributed by atoms with Crippen molar-refractivity contribution in [2.45, 2.75) is 0 Å². The number of imidazole rings is 1. The number of para-hydroxylation sites is 2. The fraction of sp³-hybridized carbons (Fsp3) is 0. The fourth-order valence-corrected chi connectivity index (χ4v) is 1.91. The van der Waals surface area contributed by atoms with Crippen LogP contribution in [0.4, 0.5) is 17.6 Å². The summed E-state index contributed by atoms with van der Waals surface area (Å²) in [5.41, 5.74) is 0.00229. The van der Waals surface area contributed by atoms with E-state index >= 15 is 0 Å². The smallest absolute Gasteiger partial charge is 0.186 e. The first-order valence-electron chi connectivity index (χ1n) is 5.35. The van der Waals surface area contributed by atoms with E-state index in [4.69, 9.17) is 0 Å². The third kappa shape index (κ3) is 1.68. The molecule has 96 valence electrons. The molecule has 0 aliphatic heterocycles. The third-order valence-corrected chi connectivity index (χ3v) is 2.78. The summed E-state index contributed by atoms with van der Waals surface area (Å²) in [4.78, 5) is 3.92. The minimum absolute atomic E-state index is 0.174. The molecule has 0 saturated heterocycles. The Labute approximate surface area is 104 Å². The van der Waals surface area contributed by atoms with Crippen LogP contribution >= 0.6 is 0 Å². The molecule has 0 bridgehead atoms. The number of hydrogen-bond acceptors (Lipinski definition) is 1. The molecule has 0 radical (unpaired) electrons. The van der Waals surface area contributed by atoms with Crippen LogP contribution in [-0.2, 0) is 0 Å². The van der Waals surface area contributed by atoms with E-state index in [1.165, 1.54) is 0 Å². The lowest BCUT2D eigenvalue weighted by Crippen LogP contribution is -2.05. The average Bonchev–Trinajstić information content (AvgIpc) is 2.81. The fourth-order valence-electron chi connectivity index (χ4n) is 1.91. The quantitative estimate of drug-likeness (QED) is 0.486. The molecule has 3 rings (SSSR count). The predicted octanol–water partition coefficient (Wildman–Crippen LogP) is 3.58. The van der Waals surface area contributed by atoms with Crippen LogP contribution in [0.5, 0.6) is 0 Å². The summed E-state index contributed by atoms with van der Waals surface area (Å²) in [6.45, 7) is 0. The lowest BCUT2D eigenvalue weighted by molar-refractivity contribution is 0.448. The molecule has 0 N–H and O–H groups in total. The molecule has 0 atom stereocenters. The van der Waals surface area contributed by atoms with Gasteiger partial charge in [-0.2, -0.15) is 0 Å². The molecule has 3 aromatic rings. The minimum atomic E-state index is -1.46. The number of nitrogens with zero attached hydrogens (tertiary/aromatic N) is 2.